The molecule has 0 bridgehead atoms. The van der Waals surface area contributed by atoms with Crippen molar-refractivity contribution in [1.29, 1.82) is 0 Å². The van der Waals surface area contributed by atoms with E-state index in [2.05, 4.69) is 28.5 Å². The fraction of sp³-hybridized carbons (Fsp3) is 0.429. The van der Waals surface area contributed by atoms with Crippen molar-refractivity contribution in [1.82, 2.24) is 19.3 Å². The first-order chi connectivity index (χ1) is 12.8. The molecule has 0 amide bonds. The second-order valence-electron chi connectivity index (χ2n) is 7.83. The van der Waals surface area contributed by atoms with Crippen molar-refractivity contribution >= 4 is 12.4 Å². The molecule has 0 aliphatic rings. The Morgan fingerprint density at radius 1 is 1.14 bits per heavy atom. The number of aliphatic hydroxyl groups excluding tert-OH is 1. The number of rotatable bonds is 7. The van der Waals surface area contributed by atoms with Gasteiger partial charge in [-0.2, -0.15) is 5.10 Å². The second kappa shape index (κ2) is 8.88. The number of aryl methyl sites for hydroxylation is 2. The highest BCUT2D eigenvalue weighted by Gasteiger charge is 2.19. The van der Waals surface area contributed by atoms with Gasteiger partial charge < -0.3 is 9.67 Å². The molecule has 7 heteroatoms. The lowest BCUT2D eigenvalue weighted by molar-refractivity contribution is 0.146. The van der Waals surface area contributed by atoms with Gasteiger partial charge in [0.15, 0.2) is 0 Å². The first-order valence-corrected chi connectivity index (χ1v) is 9.26. The molecule has 0 atom stereocenters. The molecule has 0 fully saturated rings. The fourth-order valence-electron chi connectivity index (χ4n) is 3.36. The van der Waals surface area contributed by atoms with Gasteiger partial charge in [-0.25, -0.2) is 14.1 Å². The van der Waals surface area contributed by atoms with Crippen LogP contribution in [0.4, 0.5) is 4.39 Å². The summed E-state index contributed by atoms with van der Waals surface area (Å²) < 4.78 is 17.2. The molecule has 0 aliphatic carbocycles. The highest BCUT2D eigenvalue weighted by Crippen LogP contribution is 2.29. The zero-order chi connectivity index (χ0) is 19.6. The molecular weight excluding hydrogens is 379 g/mol. The van der Waals surface area contributed by atoms with Crippen molar-refractivity contribution in [2.24, 2.45) is 5.41 Å². The van der Waals surface area contributed by atoms with Crippen molar-refractivity contribution < 1.29 is 9.50 Å². The Morgan fingerprint density at radius 3 is 2.46 bits per heavy atom. The maximum atomic E-state index is 13.2. The van der Waals surface area contributed by atoms with E-state index in [0.717, 1.165) is 47.7 Å². The van der Waals surface area contributed by atoms with E-state index in [-0.39, 0.29) is 30.2 Å². The summed E-state index contributed by atoms with van der Waals surface area (Å²) in [6.45, 7) is 9.16. The van der Waals surface area contributed by atoms with Crippen LogP contribution in [0.2, 0.25) is 0 Å². The van der Waals surface area contributed by atoms with Gasteiger partial charge in [0.25, 0.3) is 0 Å². The predicted octanol–water partition coefficient (Wildman–Crippen LogP) is 4.71. The number of aromatic nitrogens is 4. The second-order valence-corrected chi connectivity index (χ2v) is 7.83. The maximum absolute atomic E-state index is 13.2. The summed E-state index contributed by atoms with van der Waals surface area (Å²) in [7, 11) is 0. The lowest BCUT2D eigenvalue weighted by atomic mass is 9.89. The quantitative estimate of drug-likeness (QED) is 0.618. The molecule has 0 saturated heterocycles. The van der Waals surface area contributed by atoms with Crippen molar-refractivity contribution in [3.8, 4) is 16.9 Å². The molecule has 28 heavy (non-hydrogen) atoms. The molecule has 5 nitrogen and oxygen atoms in total. The van der Waals surface area contributed by atoms with Gasteiger partial charge in [0, 0.05) is 18.7 Å². The van der Waals surface area contributed by atoms with Gasteiger partial charge in [-0.3, -0.25) is 0 Å². The molecule has 0 radical (unpaired) electrons. The Bertz CT molecular complexity index is 915. The summed E-state index contributed by atoms with van der Waals surface area (Å²) >= 11 is 0. The van der Waals surface area contributed by atoms with Crippen LogP contribution >= 0.6 is 12.4 Å². The highest BCUT2D eigenvalue weighted by atomic mass is 35.5. The van der Waals surface area contributed by atoms with Crippen LogP contribution in [-0.4, -0.2) is 31.0 Å². The average molecular weight is 407 g/mol. The van der Waals surface area contributed by atoms with E-state index in [4.69, 9.17) is 0 Å². The molecule has 2 aromatic heterocycles. The smallest absolute Gasteiger partial charge is 0.123 e. The van der Waals surface area contributed by atoms with Gasteiger partial charge >= 0.3 is 0 Å². The van der Waals surface area contributed by atoms with E-state index in [1.54, 1.807) is 12.1 Å². The molecule has 0 unspecified atom stereocenters. The topological polar surface area (TPSA) is 55.9 Å². The van der Waals surface area contributed by atoms with Crippen LogP contribution in [-0.2, 0) is 6.54 Å². The number of halogens is 2. The third kappa shape index (κ3) is 4.62. The average Bonchev–Trinajstić information content (AvgIpc) is 3.19. The third-order valence-corrected chi connectivity index (χ3v) is 5.01. The van der Waals surface area contributed by atoms with Crippen LogP contribution in [0, 0.1) is 25.1 Å². The number of benzene rings is 1. The minimum Gasteiger partial charge on any atom is -0.396 e. The summed E-state index contributed by atoms with van der Waals surface area (Å²) in [6.07, 6.45) is 5.60. The van der Waals surface area contributed by atoms with Crippen LogP contribution < -0.4 is 0 Å². The third-order valence-electron chi connectivity index (χ3n) is 5.01. The lowest BCUT2D eigenvalue weighted by Crippen LogP contribution is -2.17. The molecule has 1 aromatic carbocycles. The van der Waals surface area contributed by atoms with Crippen LogP contribution in [0.5, 0.6) is 0 Å². The molecule has 0 spiro atoms. The van der Waals surface area contributed by atoms with Gasteiger partial charge in [-0.1, -0.05) is 13.8 Å². The van der Waals surface area contributed by atoms with Crippen LogP contribution in [0.3, 0.4) is 0 Å². The maximum Gasteiger partial charge on any atom is 0.123 e. The Hall–Kier alpha value is -2.18. The lowest BCUT2D eigenvalue weighted by Gasteiger charge is -2.21. The molecule has 152 valence electrons. The predicted molar refractivity (Wildman–Crippen MR) is 112 cm³/mol. The largest absolute Gasteiger partial charge is 0.396 e. The van der Waals surface area contributed by atoms with E-state index in [9.17, 15) is 9.50 Å². The number of hydrogen-bond donors (Lipinski definition) is 1. The molecule has 0 saturated carbocycles. The Morgan fingerprint density at radius 2 is 1.82 bits per heavy atom. The van der Waals surface area contributed by atoms with Crippen molar-refractivity contribution in [2.75, 3.05) is 6.61 Å². The normalized spacial score (nSPS) is 11.5. The standard InChI is InChI=1S/C21H27FN4O.ClH/c1-15-20(16(2)26(24-15)18-8-6-17(22)7-9-18)19-12-23-14-25(19)11-5-10-21(3,4)13-27;/h6-9,12,14,27H,5,10-11,13H2,1-4H3;1H. The summed E-state index contributed by atoms with van der Waals surface area (Å²) in [4.78, 5) is 4.34. The van der Waals surface area contributed by atoms with E-state index >= 15 is 0 Å². The summed E-state index contributed by atoms with van der Waals surface area (Å²) in [5.74, 6) is -0.260. The minimum absolute atomic E-state index is 0. The van der Waals surface area contributed by atoms with E-state index < -0.39 is 0 Å². The van der Waals surface area contributed by atoms with E-state index in [1.165, 1.54) is 12.1 Å². The Labute approximate surface area is 171 Å². The Kier molecular flexibility index (Phi) is 7.01. The van der Waals surface area contributed by atoms with Crippen molar-refractivity contribution in [3.05, 3.63) is 54.0 Å². The van der Waals surface area contributed by atoms with Gasteiger partial charge in [-0.15, -0.1) is 12.4 Å². The molecule has 3 aromatic rings. The summed E-state index contributed by atoms with van der Waals surface area (Å²) in [6, 6.07) is 6.34. The van der Waals surface area contributed by atoms with Gasteiger partial charge in [0.05, 0.1) is 35.3 Å². The fourth-order valence-corrected chi connectivity index (χ4v) is 3.36. The molecule has 0 aliphatic heterocycles. The number of hydrogen-bond acceptors (Lipinski definition) is 3. The zero-order valence-electron chi connectivity index (χ0n) is 16.8. The van der Waals surface area contributed by atoms with E-state index in [1.807, 2.05) is 31.1 Å². The first-order valence-electron chi connectivity index (χ1n) is 9.26. The van der Waals surface area contributed by atoms with Crippen LogP contribution in [0.15, 0.2) is 36.8 Å². The number of aliphatic hydroxyl groups is 1. The van der Waals surface area contributed by atoms with Crippen LogP contribution in [0.1, 0.15) is 38.1 Å². The molecule has 2 heterocycles. The monoisotopic (exact) mass is 406 g/mol. The SMILES string of the molecule is Cc1nn(-c2ccc(F)cc2)c(C)c1-c1cncn1CCCC(C)(C)CO.Cl. The number of nitrogens with zero attached hydrogens (tertiary/aromatic N) is 4. The summed E-state index contributed by atoms with van der Waals surface area (Å²) in [5, 5.41) is 14.1. The zero-order valence-corrected chi connectivity index (χ0v) is 17.6. The van der Waals surface area contributed by atoms with Gasteiger partial charge in [0.1, 0.15) is 5.82 Å². The van der Waals surface area contributed by atoms with Crippen molar-refractivity contribution in [2.45, 2.75) is 47.1 Å². The first kappa shape index (κ1) is 22.1. The molecular formula is C21H28ClFN4O. The van der Waals surface area contributed by atoms with Gasteiger partial charge in [0.2, 0.25) is 0 Å². The highest BCUT2D eigenvalue weighted by molar-refractivity contribution is 5.85. The molecule has 1 N–H and O–H groups in total. The Balaban J connectivity index is 0.00000280. The number of imidazole rings is 1. The molecule has 3 rings (SSSR count). The van der Waals surface area contributed by atoms with Crippen molar-refractivity contribution in [3.63, 3.8) is 0 Å². The van der Waals surface area contributed by atoms with E-state index in [0.29, 0.717) is 0 Å². The summed E-state index contributed by atoms with van der Waals surface area (Å²) in [5.41, 5.74) is 4.75. The minimum atomic E-state index is -0.260. The van der Waals surface area contributed by atoms with Gasteiger partial charge in [-0.05, 0) is 56.4 Å². The van der Waals surface area contributed by atoms with Crippen LogP contribution in [0.25, 0.3) is 16.9 Å².